The highest BCUT2D eigenvalue weighted by Crippen LogP contribution is 2.29. The van der Waals surface area contributed by atoms with Gasteiger partial charge in [-0.1, -0.05) is 51.1 Å². The fourth-order valence-electron chi connectivity index (χ4n) is 2.10. The van der Waals surface area contributed by atoms with E-state index < -0.39 is 0 Å². The molecule has 0 bridgehead atoms. The minimum Gasteiger partial charge on any atom is -0.266 e. The summed E-state index contributed by atoms with van der Waals surface area (Å²) in [7, 11) is 0. The summed E-state index contributed by atoms with van der Waals surface area (Å²) < 4.78 is 2.14. The summed E-state index contributed by atoms with van der Waals surface area (Å²) in [5.41, 5.74) is 3.65. The second kappa shape index (κ2) is 4.60. The first-order chi connectivity index (χ1) is 8.39. The quantitative estimate of drug-likeness (QED) is 0.761. The first kappa shape index (κ1) is 12.9. The lowest BCUT2D eigenvalue weighted by molar-refractivity contribution is 0.447. The Balaban J connectivity index is 2.53. The SMILES string of the molecule is CC(C)n1nc(-c2ccccc2)cc1C(C)(C)C. The van der Waals surface area contributed by atoms with Crippen LogP contribution in [0.3, 0.4) is 0 Å². The second-order valence-corrected chi connectivity index (χ2v) is 6.07. The molecule has 0 saturated carbocycles. The van der Waals surface area contributed by atoms with Crippen molar-refractivity contribution < 1.29 is 0 Å². The fraction of sp³-hybridized carbons (Fsp3) is 0.438. The van der Waals surface area contributed by atoms with Crippen molar-refractivity contribution in [3.63, 3.8) is 0 Å². The maximum Gasteiger partial charge on any atom is 0.0926 e. The summed E-state index contributed by atoms with van der Waals surface area (Å²) in [5.74, 6) is 0. The molecule has 0 aliphatic rings. The molecule has 2 rings (SSSR count). The molecule has 0 fully saturated rings. The van der Waals surface area contributed by atoms with Gasteiger partial charge in [-0.3, -0.25) is 4.68 Å². The minimum absolute atomic E-state index is 0.115. The normalized spacial score (nSPS) is 12.1. The van der Waals surface area contributed by atoms with Crippen LogP contribution in [-0.2, 0) is 5.41 Å². The lowest BCUT2D eigenvalue weighted by Crippen LogP contribution is -2.19. The van der Waals surface area contributed by atoms with Crippen LogP contribution in [0.1, 0.15) is 46.4 Å². The van der Waals surface area contributed by atoms with Gasteiger partial charge >= 0.3 is 0 Å². The van der Waals surface area contributed by atoms with E-state index in [2.05, 4.69) is 69.6 Å². The Morgan fingerprint density at radius 2 is 1.67 bits per heavy atom. The molecule has 2 heteroatoms. The van der Waals surface area contributed by atoms with Crippen LogP contribution in [0.25, 0.3) is 11.3 Å². The van der Waals surface area contributed by atoms with Gasteiger partial charge in [0, 0.05) is 22.7 Å². The Kier molecular flexibility index (Phi) is 3.29. The summed E-state index contributed by atoms with van der Waals surface area (Å²) >= 11 is 0. The van der Waals surface area contributed by atoms with Gasteiger partial charge in [-0.2, -0.15) is 5.10 Å². The molecule has 2 nitrogen and oxygen atoms in total. The van der Waals surface area contributed by atoms with Crippen molar-refractivity contribution in [2.24, 2.45) is 0 Å². The first-order valence-electron chi connectivity index (χ1n) is 6.55. The van der Waals surface area contributed by atoms with Crippen molar-refractivity contribution in [1.82, 2.24) is 9.78 Å². The molecule has 0 unspecified atom stereocenters. The Hall–Kier alpha value is -1.57. The van der Waals surface area contributed by atoms with Gasteiger partial charge in [0.25, 0.3) is 0 Å². The maximum absolute atomic E-state index is 4.76. The molecule has 0 aliphatic heterocycles. The molecular formula is C16H22N2. The van der Waals surface area contributed by atoms with Crippen LogP contribution in [0.5, 0.6) is 0 Å². The third kappa shape index (κ3) is 2.47. The van der Waals surface area contributed by atoms with Gasteiger partial charge in [0.05, 0.1) is 5.69 Å². The molecule has 0 spiro atoms. The van der Waals surface area contributed by atoms with E-state index in [4.69, 9.17) is 5.10 Å². The van der Waals surface area contributed by atoms with Gasteiger partial charge < -0.3 is 0 Å². The van der Waals surface area contributed by atoms with Crippen LogP contribution >= 0.6 is 0 Å². The van der Waals surface area contributed by atoms with Crippen LogP contribution in [0.15, 0.2) is 36.4 Å². The number of nitrogens with zero attached hydrogens (tertiary/aromatic N) is 2. The molecule has 1 heterocycles. The summed E-state index contributed by atoms with van der Waals surface area (Å²) in [4.78, 5) is 0. The van der Waals surface area contributed by atoms with E-state index in [1.165, 1.54) is 11.3 Å². The van der Waals surface area contributed by atoms with Crippen LogP contribution in [0.2, 0.25) is 0 Å². The van der Waals surface area contributed by atoms with Crippen LogP contribution < -0.4 is 0 Å². The van der Waals surface area contributed by atoms with Crippen LogP contribution in [0, 0.1) is 0 Å². The molecule has 96 valence electrons. The molecule has 1 aromatic carbocycles. The molecule has 0 amide bonds. The standard InChI is InChI=1S/C16H22N2/c1-12(2)18-15(16(3,4)5)11-14(17-18)13-9-7-6-8-10-13/h6-12H,1-5H3. The zero-order chi connectivity index (χ0) is 13.3. The fourth-order valence-corrected chi connectivity index (χ4v) is 2.10. The van der Waals surface area contributed by atoms with Crippen LogP contribution in [-0.4, -0.2) is 9.78 Å². The Morgan fingerprint density at radius 3 is 2.11 bits per heavy atom. The Bertz CT molecular complexity index is 516. The van der Waals surface area contributed by atoms with Gasteiger partial charge in [0.2, 0.25) is 0 Å². The molecule has 0 aliphatic carbocycles. The van der Waals surface area contributed by atoms with Gasteiger partial charge in [-0.05, 0) is 19.9 Å². The van der Waals surface area contributed by atoms with Gasteiger partial charge in [0.15, 0.2) is 0 Å². The number of hydrogen-bond donors (Lipinski definition) is 0. The Morgan fingerprint density at radius 1 is 1.06 bits per heavy atom. The van der Waals surface area contributed by atoms with Crippen molar-refractivity contribution >= 4 is 0 Å². The maximum atomic E-state index is 4.76. The topological polar surface area (TPSA) is 17.8 Å². The average molecular weight is 242 g/mol. The predicted molar refractivity (Wildman–Crippen MR) is 76.7 cm³/mol. The molecule has 1 aromatic heterocycles. The first-order valence-corrected chi connectivity index (χ1v) is 6.55. The zero-order valence-corrected chi connectivity index (χ0v) is 11.9. The summed E-state index contributed by atoms with van der Waals surface area (Å²) in [6.45, 7) is 11.1. The minimum atomic E-state index is 0.115. The average Bonchev–Trinajstić information content (AvgIpc) is 2.74. The summed E-state index contributed by atoms with van der Waals surface area (Å²) in [5, 5.41) is 4.76. The predicted octanol–water partition coefficient (Wildman–Crippen LogP) is 4.43. The zero-order valence-electron chi connectivity index (χ0n) is 11.9. The van der Waals surface area contributed by atoms with E-state index in [0.29, 0.717) is 6.04 Å². The van der Waals surface area contributed by atoms with E-state index in [1.807, 2.05) is 6.07 Å². The lowest BCUT2D eigenvalue weighted by atomic mass is 9.91. The number of rotatable bonds is 2. The monoisotopic (exact) mass is 242 g/mol. The molecule has 0 radical (unpaired) electrons. The van der Waals surface area contributed by atoms with Gasteiger partial charge in [-0.25, -0.2) is 0 Å². The van der Waals surface area contributed by atoms with Crippen molar-refractivity contribution in [2.75, 3.05) is 0 Å². The highest BCUT2D eigenvalue weighted by atomic mass is 15.3. The third-order valence-electron chi connectivity index (χ3n) is 3.06. The largest absolute Gasteiger partial charge is 0.266 e. The highest BCUT2D eigenvalue weighted by molar-refractivity contribution is 5.59. The molecular weight excluding hydrogens is 220 g/mol. The summed E-state index contributed by atoms with van der Waals surface area (Å²) in [6, 6.07) is 13.0. The number of benzene rings is 1. The number of hydrogen-bond acceptors (Lipinski definition) is 1. The molecule has 0 atom stereocenters. The van der Waals surface area contributed by atoms with Crippen molar-refractivity contribution in [1.29, 1.82) is 0 Å². The lowest BCUT2D eigenvalue weighted by Gasteiger charge is -2.22. The number of aromatic nitrogens is 2. The van der Waals surface area contributed by atoms with Crippen molar-refractivity contribution in [3.05, 3.63) is 42.1 Å². The van der Waals surface area contributed by atoms with Crippen LogP contribution in [0.4, 0.5) is 0 Å². The molecule has 0 saturated heterocycles. The Labute approximate surface area is 110 Å². The van der Waals surface area contributed by atoms with E-state index in [-0.39, 0.29) is 5.41 Å². The highest BCUT2D eigenvalue weighted by Gasteiger charge is 2.22. The van der Waals surface area contributed by atoms with Gasteiger partial charge in [-0.15, -0.1) is 0 Å². The van der Waals surface area contributed by atoms with E-state index >= 15 is 0 Å². The molecule has 2 aromatic rings. The van der Waals surface area contributed by atoms with Crippen molar-refractivity contribution in [3.8, 4) is 11.3 Å². The smallest absolute Gasteiger partial charge is 0.0926 e. The molecule has 18 heavy (non-hydrogen) atoms. The molecule has 0 N–H and O–H groups in total. The summed E-state index contributed by atoms with van der Waals surface area (Å²) in [6.07, 6.45) is 0. The van der Waals surface area contributed by atoms with Crippen molar-refractivity contribution in [2.45, 2.75) is 46.1 Å². The third-order valence-corrected chi connectivity index (χ3v) is 3.06. The second-order valence-electron chi connectivity index (χ2n) is 6.07. The van der Waals surface area contributed by atoms with E-state index in [0.717, 1.165) is 5.69 Å². The van der Waals surface area contributed by atoms with Gasteiger partial charge in [0.1, 0.15) is 0 Å². The van der Waals surface area contributed by atoms with E-state index in [1.54, 1.807) is 0 Å². The van der Waals surface area contributed by atoms with E-state index in [9.17, 15) is 0 Å².